The molecule has 0 radical (unpaired) electrons. The maximum atomic E-state index is 10.7. The van der Waals surface area contributed by atoms with Crippen molar-refractivity contribution in [3.05, 3.63) is 30.1 Å². The summed E-state index contributed by atoms with van der Waals surface area (Å²) in [6.07, 6.45) is 8.71. The van der Waals surface area contributed by atoms with Crippen LogP contribution in [0, 0.1) is 11.8 Å². The van der Waals surface area contributed by atoms with E-state index in [9.17, 15) is 5.11 Å². The minimum Gasteiger partial charge on any atom is -0.390 e. The first-order valence-corrected chi connectivity index (χ1v) is 7.52. The van der Waals surface area contributed by atoms with Crippen LogP contribution in [0.3, 0.4) is 0 Å². The van der Waals surface area contributed by atoms with Crippen LogP contribution >= 0.6 is 0 Å². The van der Waals surface area contributed by atoms with Crippen LogP contribution in [0.2, 0.25) is 0 Å². The molecule has 5 rings (SSSR count). The molecule has 1 aromatic heterocycles. The molecule has 0 saturated heterocycles. The molecule has 4 bridgehead atoms. The fourth-order valence-corrected chi connectivity index (χ4v) is 5.20. The lowest BCUT2D eigenvalue weighted by Crippen LogP contribution is -2.64. The molecule has 102 valence electrons. The molecule has 2 unspecified atom stereocenters. The van der Waals surface area contributed by atoms with Crippen LogP contribution in [0.1, 0.15) is 44.2 Å². The van der Waals surface area contributed by atoms with Gasteiger partial charge in [-0.1, -0.05) is 6.07 Å². The summed E-state index contributed by atoms with van der Waals surface area (Å²) in [6.45, 7) is 0.830. The normalized spacial score (nSPS) is 43.6. The maximum Gasteiger partial charge on any atom is 0.0670 e. The average Bonchev–Trinajstić information content (AvgIpc) is 2.35. The maximum absolute atomic E-state index is 10.7. The van der Waals surface area contributed by atoms with Crippen LogP contribution in [0.15, 0.2) is 24.4 Å². The summed E-state index contributed by atoms with van der Waals surface area (Å²) in [4.78, 5) is 4.39. The third kappa shape index (κ3) is 2.09. The highest BCUT2D eigenvalue weighted by atomic mass is 16.3. The Morgan fingerprint density at radius 2 is 2.00 bits per heavy atom. The molecule has 4 fully saturated rings. The van der Waals surface area contributed by atoms with Gasteiger partial charge >= 0.3 is 0 Å². The molecule has 0 amide bonds. The summed E-state index contributed by atoms with van der Waals surface area (Å²) in [6, 6.07) is 6.07. The number of nitrogens with one attached hydrogen (secondary N) is 1. The molecule has 4 atom stereocenters. The summed E-state index contributed by atoms with van der Waals surface area (Å²) < 4.78 is 0. The van der Waals surface area contributed by atoms with Gasteiger partial charge in [-0.25, -0.2) is 0 Å². The second kappa shape index (κ2) is 4.03. The Balaban J connectivity index is 1.51. The van der Waals surface area contributed by atoms with E-state index < -0.39 is 0 Å². The standard InChI is InChI=1S/C16H22N2O/c19-16-8-12-5-13(9-16)7-15(6-12,11-16)18-10-14-3-1-2-4-17-14/h1-4,12-13,18-19H,5-11H2/t12-,13+,15?,16?. The molecule has 0 aliphatic heterocycles. The van der Waals surface area contributed by atoms with Gasteiger partial charge < -0.3 is 10.4 Å². The lowest BCUT2D eigenvalue weighted by molar-refractivity contribution is -0.142. The lowest BCUT2D eigenvalue weighted by atomic mass is 9.51. The number of hydrogen-bond donors (Lipinski definition) is 2. The van der Waals surface area contributed by atoms with Gasteiger partial charge in [0.2, 0.25) is 0 Å². The predicted octanol–water partition coefficient (Wildman–Crippen LogP) is 2.25. The lowest BCUT2D eigenvalue weighted by Gasteiger charge is -2.60. The van der Waals surface area contributed by atoms with Gasteiger partial charge in [0.1, 0.15) is 0 Å². The van der Waals surface area contributed by atoms with Crippen LogP contribution in [0.25, 0.3) is 0 Å². The number of hydrogen-bond acceptors (Lipinski definition) is 3. The van der Waals surface area contributed by atoms with Crippen molar-refractivity contribution in [3.63, 3.8) is 0 Å². The van der Waals surface area contributed by atoms with Crippen LogP contribution < -0.4 is 5.32 Å². The molecule has 0 aromatic carbocycles. The molecule has 0 spiro atoms. The van der Waals surface area contributed by atoms with Crippen molar-refractivity contribution >= 4 is 0 Å². The Kier molecular flexibility index (Phi) is 2.52. The van der Waals surface area contributed by atoms with Crippen molar-refractivity contribution in [1.29, 1.82) is 0 Å². The first-order chi connectivity index (χ1) is 9.15. The third-order valence-corrected chi connectivity index (χ3v) is 5.40. The Bertz CT molecular complexity index is 459. The zero-order valence-electron chi connectivity index (χ0n) is 11.3. The summed E-state index contributed by atoms with van der Waals surface area (Å²) in [5.41, 5.74) is 0.905. The zero-order valence-corrected chi connectivity index (χ0v) is 11.3. The number of aromatic nitrogens is 1. The smallest absolute Gasteiger partial charge is 0.0670 e. The molecule has 4 saturated carbocycles. The van der Waals surface area contributed by atoms with Crippen molar-refractivity contribution in [2.45, 2.75) is 56.2 Å². The van der Waals surface area contributed by atoms with Crippen molar-refractivity contribution in [1.82, 2.24) is 10.3 Å². The van der Waals surface area contributed by atoms with Crippen molar-refractivity contribution in [2.75, 3.05) is 0 Å². The van der Waals surface area contributed by atoms with Gasteiger partial charge in [-0.2, -0.15) is 0 Å². The highest BCUT2D eigenvalue weighted by molar-refractivity contribution is 5.13. The van der Waals surface area contributed by atoms with E-state index in [4.69, 9.17) is 0 Å². The second-order valence-electron chi connectivity index (χ2n) is 7.14. The molecular weight excluding hydrogens is 236 g/mol. The number of nitrogens with zero attached hydrogens (tertiary/aromatic N) is 1. The Labute approximate surface area is 114 Å². The topological polar surface area (TPSA) is 45.1 Å². The van der Waals surface area contributed by atoms with Crippen LogP contribution in [0.5, 0.6) is 0 Å². The minimum absolute atomic E-state index is 0.177. The van der Waals surface area contributed by atoms with E-state index in [1.165, 1.54) is 19.3 Å². The van der Waals surface area contributed by atoms with Gasteiger partial charge in [0, 0.05) is 18.3 Å². The molecule has 4 aliphatic rings. The quantitative estimate of drug-likeness (QED) is 0.874. The minimum atomic E-state index is -0.374. The van der Waals surface area contributed by atoms with E-state index in [0.29, 0.717) is 0 Å². The van der Waals surface area contributed by atoms with Gasteiger partial charge in [-0.3, -0.25) is 4.98 Å². The monoisotopic (exact) mass is 258 g/mol. The van der Waals surface area contributed by atoms with Gasteiger partial charge in [0.15, 0.2) is 0 Å². The largest absolute Gasteiger partial charge is 0.390 e. The van der Waals surface area contributed by atoms with E-state index in [1.54, 1.807) is 0 Å². The highest BCUT2D eigenvalue weighted by Crippen LogP contribution is 2.57. The van der Waals surface area contributed by atoms with Gasteiger partial charge in [-0.05, 0) is 62.5 Å². The van der Waals surface area contributed by atoms with E-state index in [-0.39, 0.29) is 11.1 Å². The number of rotatable bonds is 3. The van der Waals surface area contributed by atoms with Gasteiger partial charge in [0.25, 0.3) is 0 Å². The van der Waals surface area contributed by atoms with E-state index in [2.05, 4.69) is 16.4 Å². The summed E-state index contributed by atoms with van der Waals surface area (Å²) in [5, 5.41) is 14.5. The summed E-state index contributed by atoms with van der Waals surface area (Å²) in [7, 11) is 0. The van der Waals surface area contributed by atoms with Crippen molar-refractivity contribution < 1.29 is 5.11 Å². The molecule has 4 aliphatic carbocycles. The first kappa shape index (κ1) is 11.9. The fourth-order valence-electron chi connectivity index (χ4n) is 5.20. The van der Waals surface area contributed by atoms with E-state index >= 15 is 0 Å². The van der Waals surface area contributed by atoms with Crippen LogP contribution in [-0.2, 0) is 6.54 Å². The fraction of sp³-hybridized carbons (Fsp3) is 0.688. The SMILES string of the molecule is OC12C[C@H]3C[C@@H](C1)CC(NCc1ccccn1)(C3)C2. The average molecular weight is 258 g/mol. The molecule has 3 heteroatoms. The Morgan fingerprint density at radius 3 is 2.63 bits per heavy atom. The third-order valence-electron chi connectivity index (χ3n) is 5.40. The van der Waals surface area contributed by atoms with E-state index in [0.717, 1.165) is 43.3 Å². The summed E-state index contributed by atoms with van der Waals surface area (Å²) >= 11 is 0. The van der Waals surface area contributed by atoms with Gasteiger partial charge in [-0.15, -0.1) is 0 Å². The summed E-state index contributed by atoms with van der Waals surface area (Å²) in [5.74, 6) is 1.48. The molecule has 1 aromatic rings. The van der Waals surface area contributed by atoms with Crippen molar-refractivity contribution in [3.8, 4) is 0 Å². The molecule has 3 nitrogen and oxygen atoms in total. The molecular formula is C16H22N2O. The van der Waals surface area contributed by atoms with E-state index in [1.807, 2.05) is 18.3 Å². The number of aliphatic hydroxyl groups is 1. The molecule has 19 heavy (non-hydrogen) atoms. The highest BCUT2D eigenvalue weighted by Gasteiger charge is 2.56. The molecule has 1 heterocycles. The Morgan fingerprint density at radius 1 is 1.21 bits per heavy atom. The number of pyridine rings is 1. The van der Waals surface area contributed by atoms with Gasteiger partial charge in [0.05, 0.1) is 11.3 Å². The first-order valence-electron chi connectivity index (χ1n) is 7.52. The zero-order chi connectivity index (χ0) is 12.9. The second-order valence-corrected chi connectivity index (χ2v) is 7.14. The van der Waals surface area contributed by atoms with Crippen LogP contribution in [-0.4, -0.2) is 21.2 Å². The van der Waals surface area contributed by atoms with Crippen LogP contribution in [0.4, 0.5) is 0 Å². The van der Waals surface area contributed by atoms with Crippen molar-refractivity contribution in [2.24, 2.45) is 11.8 Å². The Hall–Kier alpha value is -0.930. The molecule has 2 N–H and O–H groups in total. The predicted molar refractivity (Wildman–Crippen MR) is 73.4 cm³/mol.